The zero-order valence-corrected chi connectivity index (χ0v) is 7.55. The fourth-order valence-corrected chi connectivity index (χ4v) is 1.59. The molecule has 1 atom stereocenters. The summed E-state index contributed by atoms with van der Waals surface area (Å²) >= 11 is 0. The van der Waals surface area contributed by atoms with Gasteiger partial charge in [0.2, 0.25) is 5.91 Å². The quantitative estimate of drug-likeness (QED) is 0.561. The minimum Gasteiger partial charge on any atom is -0.370 e. The van der Waals surface area contributed by atoms with Gasteiger partial charge in [-0.25, -0.2) is 0 Å². The summed E-state index contributed by atoms with van der Waals surface area (Å²) in [5.74, 6) is 0.187. The molecule has 0 aliphatic carbocycles. The third kappa shape index (κ3) is 3.19. The first kappa shape index (κ1) is 9.48. The normalized spacial score (nSPS) is 26.6. The monoisotopic (exact) mass is 171 g/mol. The van der Waals surface area contributed by atoms with Crippen molar-refractivity contribution >= 4 is 5.91 Å². The van der Waals surface area contributed by atoms with Gasteiger partial charge in [0.25, 0.3) is 0 Å². The molecule has 0 spiro atoms. The SMILES string of the molecule is CN1CCNCC(CC(N)=O)C1. The van der Waals surface area contributed by atoms with E-state index in [-0.39, 0.29) is 5.91 Å². The van der Waals surface area contributed by atoms with Crippen molar-refractivity contribution in [1.29, 1.82) is 0 Å². The van der Waals surface area contributed by atoms with Crippen molar-refractivity contribution in [2.24, 2.45) is 11.7 Å². The second-order valence-electron chi connectivity index (χ2n) is 3.50. The van der Waals surface area contributed by atoms with Crippen molar-refractivity contribution in [1.82, 2.24) is 10.2 Å². The Bertz CT molecular complexity index is 160. The highest BCUT2D eigenvalue weighted by Crippen LogP contribution is 2.05. The lowest BCUT2D eigenvalue weighted by atomic mass is 10.1. The third-order valence-electron chi connectivity index (χ3n) is 2.16. The smallest absolute Gasteiger partial charge is 0.217 e. The number of hydrogen-bond acceptors (Lipinski definition) is 3. The van der Waals surface area contributed by atoms with Crippen molar-refractivity contribution in [2.75, 3.05) is 33.2 Å². The van der Waals surface area contributed by atoms with Gasteiger partial charge in [-0.15, -0.1) is 0 Å². The molecule has 4 nitrogen and oxygen atoms in total. The molecule has 0 aromatic rings. The Morgan fingerprint density at radius 3 is 3.17 bits per heavy atom. The Morgan fingerprint density at radius 2 is 2.50 bits per heavy atom. The van der Waals surface area contributed by atoms with E-state index < -0.39 is 0 Å². The molecule has 1 aliphatic heterocycles. The first-order valence-corrected chi connectivity index (χ1v) is 4.36. The molecule has 0 bridgehead atoms. The molecule has 0 radical (unpaired) electrons. The fraction of sp³-hybridized carbons (Fsp3) is 0.875. The lowest BCUT2D eigenvalue weighted by molar-refractivity contribution is -0.118. The number of hydrogen-bond donors (Lipinski definition) is 2. The number of nitrogens with zero attached hydrogens (tertiary/aromatic N) is 1. The van der Waals surface area contributed by atoms with Crippen LogP contribution in [0.2, 0.25) is 0 Å². The minimum atomic E-state index is -0.197. The van der Waals surface area contributed by atoms with E-state index in [1.54, 1.807) is 0 Å². The van der Waals surface area contributed by atoms with Crippen LogP contribution in [0, 0.1) is 5.92 Å². The summed E-state index contributed by atoms with van der Waals surface area (Å²) in [7, 11) is 2.07. The number of nitrogens with one attached hydrogen (secondary N) is 1. The topological polar surface area (TPSA) is 58.4 Å². The average molecular weight is 171 g/mol. The molecular formula is C8H17N3O. The van der Waals surface area contributed by atoms with Crippen LogP contribution in [0.4, 0.5) is 0 Å². The number of amides is 1. The molecule has 0 aromatic heterocycles. The number of nitrogens with two attached hydrogens (primary N) is 1. The van der Waals surface area contributed by atoms with Crippen LogP contribution in [0.25, 0.3) is 0 Å². The van der Waals surface area contributed by atoms with Crippen LogP contribution in [0.15, 0.2) is 0 Å². The van der Waals surface area contributed by atoms with Crippen molar-refractivity contribution in [2.45, 2.75) is 6.42 Å². The zero-order chi connectivity index (χ0) is 8.97. The van der Waals surface area contributed by atoms with Crippen LogP contribution in [-0.4, -0.2) is 44.0 Å². The van der Waals surface area contributed by atoms with Gasteiger partial charge < -0.3 is 16.0 Å². The Morgan fingerprint density at radius 1 is 1.75 bits per heavy atom. The van der Waals surface area contributed by atoms with Gasteiger partial charge in [0.15, 0.2) is 0 Å². The molecule has 4 heteroatoms. The summed E-state index contributed by atoms with van der Waals surface area (Å²) in [5.41, 5.74) is 5.13. The first-order chi connectivity index (χ1) is 5.68. The Labute approximate surface area is 73.1 Å². The highest BCUT2D eigenvalue weighted by atomic mass is 16.1. The van der Waals surface area contributed by atoms with Crippen molar-refractivity contribution in [3.63, 3.8) is 0 Å². The fourth-order valence-electron chi connectivity index (χ4n) is 1.59. The third-order valence-corrected chi connectivity index (χ3v) is 2.16. The van der Waals surface area contributed by atoms with Gasteiger partial charge in [0, 0.05) is 26.1 Å². The number of carbonyl (C=O) groups excluding carboxylic acids is 1. The van der Waals surface area contributed by atoms with Gasteiger partial charge in [0.1, 0.15) is 0 Å². The number of likely N-dealkylation sites (N-methyl/N-ethyl adjacent to an activating group) is 1. The molecular weight excluding hydrogens is 154 g/mol. The Balaban J connectivity index is 2.35. The first-order valence-electron chi connectivity index (χ1n) is 4.36. The van der Waals surface area contributed by atoms with E-state index in [2.05, 4.69) is 17.3 Å². The summed E-state index contributed by atoms with van der Waals surface area (Å²) in [6, 6.07) is 0. The highest BCUT2D eigenvalue weighted by molar-refractivity contribution is 5.74. The molecule has 1 amide bonds. The van der Waals surface area contributed by atoms with Gasteiger partial charge in [-0.1, -0.05) is 0 Å². The van der Waals surface area contributed by atoms with Crippen molar-refractivity contribution in [3.05, 3.63) is 0 Å². The van der Waals surface area contributed by atoms with E-state index in [4.69, 9.17) is 5.73 Å². The maximum atomic E-state index is 10.7. The summed E-state index contributed by atoms with van der Waals surface area (Å²) in [6.45, 7) is 3.93. The predicted octanol–water partition coefficient (Wildman–Crippen LogP) is -0.987. The maximum Gasteiger partial charge on any atom is 0.217 e. The standard InChI is InChI=1S/C8H17N3O/c1-11-3-2-10-5-7(6-11)4-8(9)12/h7,10H,2-6H2,1H3,(H2,9,12). The van der Waals surface area contributed by atoms with Crippen LogP contribution in [0.3, 0.4) is 0 Å². The lowest BCUT2D eigenvalue weighted by Crippen LogP contribution is -2.29. The average Bonchev–Trinajstić information content (AvgIpc) is 2.12. The van der Waals surface area contributed by atoms with Crippen LogP contribution in [0.1, 0.15) is 6.42 Å². The molecule has 1 fully saturated rings. The van der Waals surface area contributed by atoms with E-state index in [9.17, 15) is 4.79 Å². The molecule has 1 rings (SSSR count). The number of rotatable bonds is 2. The Hall–Kier alpha value is -0.610. The zero-order valence-electron chi connectivity index (χ0n) is 7.55. The summed E-state index contributed by atoms with van der Waals surface area (Å²) in [5, 5.41) is 3.28. The van der Waals surface area contributed by atoms with E-state index in [1.807, 2.05) is 0 Å². The van der Waals surface area contributed by atoms with Crippen molar-refractivity contribution < 1.29 is 4.79 Å². The number of primary amides is 1. The molecule has 1 unspecified atom stereocenters. The van der Waals surface area contributed by atoms with Crippen LogP contribution in [-0.2, 0) is 4.79 Å². The lowest BCUT2D eigenvalue weighted by Gasteiger charge is -2.17. The van der Waals surface area contributed by atoms with Crippen LogP contribution >= 0.6 is 0 Å². The summed E-state index contributed by atoms with van der Waals surface area (Å²) in [6.07, 6.45) is 0.497. The predicted molar refractivity (Wildman–Crippen MR) is 47.7 cm³/mol. The van der Waals surface area contributed by atoms with Gasteiger partial charge in [0.05, 0.1) is 0 Å². The molecule has 1 aliphatic rings. The van der Waals surface area contributed by atoms with Gasteiger partial charge in [-0.2, -0.15) is 0 Å². The van der Waals surface area contributed by atoms with Gasteiger partial charge in [-0.05, 0) is 19.5 Å². The molecule has 0 aromatic carbocycles. The van der Waals surface area contributed by atoms with Gasteiger partial charge in [-0.3, -0.25) is 4.79 Å². The van der Waals surface area contributed by atoms with E-state index >= 15 is 0 Å². The second kappa shape index (κ2) is 4.42. The summed E-state index contributed by atoms with van der Waals surface area (Å²) < 4.78 is 0. The molecule has 1 saturated heterocycles. The van der Waals surface area contributed by atoms with Crippen molar-refractivity contribution in [3.8, 4) is 0 Å². The van der Waals surface area contributed by atoms with Crippen LogP contribution < -0.4 is 11.1 Å². The number of carbonyl (C=O) groups is 1. The molecule has 70 valence electrons. The van der Waals surface area contributed by atoms with E-state index in [0.717, 1.165) is 26.2 Å². The van der Waals surface area contributed by atoms with E-state index in [0.29, 0.717) is 12.3 Å². The van der Waals surface area contributed by atoms with E-state index in [1.165, 1.54) is 0 Å². The summed E-state index contributed by atoms with van der Waals surface area (Å²) in [4.78, 5) is 12.9. The molecule has 3 N–H and O–H groups in total. The molecule has 0 saturated carbocycles. The highest BCUT2D eigenvalue weighted by Gasteiger charge is 2.16. The molecule has 1 heterocycles. The second-order valence-corrected chi connectivity index (χ2v) is 3.50. The Kier molecular flexibility index (Phi) is 3.49. The minimum absolute atomic E-state index is 0.197. The largest absolute Gasteiger partial charge is 0.370 e. The van der Waals surface area contributed by atoms with Gasteiger partial charge >= 0.3 is 0 Å². The maximum absolute atomic E-state index is 10.7. The van der Waals surface area contributed by atoms with Crippen LogP contribution in [0.5, 0.6) is 0 Å². The molecule has 12 heavy (non-hydrogen) atoms.